The summed E-state index contributed by atoms with van der Waals surface area (Å²) in [4.78, 5) is 61.0. The maximum atomic E-state index is 14.5. The Kier molecular flexibility index (Phi) is 10.6. The van der Waals surface area contributed by atoms with Crippen molar-refractivity contribution in [3.05, 3.63) is 30.5 Å². The molecular weight excluding hydrogens is 708 g/mol. The van der Waals surface area contributed by atoms with E-state index in [1.165, 1.54) is 4.90 Å². The normalized spacial score (nSPS) is 24.0. The third-order valence-corrected chi connectivity index (χ3v) is 10.6. The van der Waals surface area contributed by atoms with E-state index in [4.69, 9.17) is 18.4 Å². The maximum Gasteiger partial charge on any atom is 0.408 e. The number of rotatable bonds is 12. The van der Waals surface area contributed by atoms with Gasteiger partial charge in [0, 0.05) is 30.3 Å². The van der Waals surface area contributed by atoms with Gasteiger partial charge in [0.25, 0.3) is 5.91 Å². The highest BCUT2D eigenvalue weighted by molar-refractivity contribution is 7.85. The molecule has 2 saturated carbocycles. The lowest BCUT2D eigenvalue weighted by Gasteiger charge is -2.36. The third kappa shape index (κ3) is 9.28. The predicted octanol–water partition coefficient (Wildman–Crippen LogP) is 3.25. The van der Waals surface area contributed by atoms with Gasteiger partial charge < -0.3 is 29.7 Å². The van der Waals surface area contributed by atoms with Gasteiger partial charge in [0.2, 0.25) is 17.7 Å². The zero-order chi connectivity index (χ0) is 39.1. The molecule has 4 amide bonds. The fourth-order valence-electron chi connectivity index (χ4n) is 6.35. The highest BCUT2D eigenvalue weighted by Gasteiger charge is 2.63. The van der Waals surface area contributed by atoms with E-state index in [-0.39, 0.29) is 31.7 Å². The van der Waals surface area contributed by atoms with Crippen LogP contribution in [0.1, 0.15) is 80.6 Å². The molecule has 0 spiro atoms. The zero-order valence-corrected chi connectivity index (χ0v) is 32.1. The van der Waals surface area contributed by atoms with E-state index in [1.54, 1.807) is 80.0 Å². The molecule has 1 unspecified atom stereocenters. The van der Waals surface area contributed by atoms with E-state index < -0.39 is 80.4 Å². The molecule has 17 heteroatoms. The molecule has 0 radical (unpaired) electrons. The van der Waals surface area contributed by atoms with Crippen LogP contribution in [0.15, 0.2) is 30.5 Å². The zero-order valence-electron chi connectivity index (χ0n) is 31.3. The molecule has 2 aromatic rings. The third-order valence-electron chi connectivity index (χ3n) is 9.51. The minimum Gasteiger partial charge on any atom is -0.497 e. The Labute approximate surface area is 309 Å². The molecule has 0 bridgehead atoms. The summed E-state index contributed by atoms with van der Waals surface area (Å²) in [5.41, 5.74) is -4.38. The van der Waals surface area contributed by atoms with Gasteiger partial charge in [0.15, 0.2) is 0 Å². The van der Waals surface area contributed by atoms with E-state index in [0.717, 1.165) is 5.39 Å². The number of ether oxygens (including phenoxy) is 3. The minimum absolute atomic E-state index is 0.0142. The van der Waals surface area contributed by atoms with Gasteiger partial charge >= 0.3 is 16.4 Å². The van der Waals surface area contributed by atoms with Gasteiger partial charge in [-0.1, -0.05) is 20.8 Å². The largest absolute Gasteiger partial charge is 0.497 e. The summed E-state index contributed by atoms with van der Waals surface area (Å²) < 4.78 is 49.7. The molecule has 5 atom stereocenters. The number of fused-ring (bicyclic) bond motifs is 1. The summed E-state index contributed by atoms with van der Waals surface area (Å²) in [5.74, 6) is -2.25. The molecule has 2 heterocycles. The summed E-state index contributed by atoms with van der Waals surface area (Å²) in [7, 11) is -2.99. The second-order valence-corrected chi connectivity index (χ2v) is 17.6. The van der Waals surface area contributed by atoms with Crippen LogP contribution in [0.5, 0.6) is 11.6 Å². The smallest absolute Gasteiger partial charge is 0.408 e. The quantitative estimate of drug-likeness (QED) is 0.285. The van der Waals surface area contributed by atoms with Gasteiger partial charge in [-0.3, -0.25) is 14.4 Å². The van der Waals surface area contributed by atoms with Crippen molar-refractivity contribution < 1.29 is 46.0 Å². The van der Waals surface area contributed by atoms with Crippen LogP contribution >= 0.6 is 0 Å². The van der Waals surface area contributed by atoms with Crippen molar-refractivity contribution in [3.8, 4) is 17.7 Å². The van der Waals surface area contributed by atoms with Crippen LogP contribution in [0.2, 0.25) is 0 Å². The van der Waals surface area contributed by atoms with Crippen LogP contribution < -0.4 is 24.8 Å². The number of nitriles is 1. The number of likely N-dealkylation sites (tertiary alicyclic amines) is 1. The van der Waals surface area contributed by atoms with Crippen LogP contribution in [0.4, 0.5) is 4.79 Å². The summed E-state index contributed by atoms with van der Waals surface area (Å²) in [5, 5.41) is 16.2. The number of benzene rings is 1. The number of hydrogen-bond donors (Lipinski definition) is 3. The van der Waals surface area contributed by atoms with Gasteiger partial charge in [-0.05, 0) is 82.0 Å². The van der Waals surface area contributed by atoms with Gasteiger partial charge in [-0.25, -0.2) is 18.7 Å². The summed E-state index contributed by atoms with van der Waals surface area (Å²) >= 11 is 0. The van der Waals surface area contributed by atoms with Crippen molar-refractivity contribution in [2.24, 2.45) is 11.3 Å². The number of hydrogen-bond acceptors (Lipinski definition) is 12. The van der Waals surface area contributed by atoms with Crippen molar-refractivity contribution in [2.75, 3.05) is 13.7 Å². The van der Waals surface area contributed by atoms with Crippen molar-refractivity contribution in [2.45, 2.75) is 115 Å². The van der Waals surface area contributed by atoms with Gasteiger partial charge in [0.1, 0.15) is 35.1 Å². The van der Waals surface area contributed by atoms with Crippen LogP contribution in [-0.4, -0.2) is 90.7 Å². The summed E-state index contributed by atoms with van der Waals surface area (Å²) in [6, 6.07) is 6.72. The van der Waals surface area contributed by atoms with Gasteiger partial charge in [-0.2, -0.15) is 13.7 Å². The Balaban J connectivity index is 1.44. The number of alkyl carbamates (subject to hydrolysis) is 1. The topological polar surface area (TPSA) is 215 Å². The molecule has 3 N–H and O–H groups in total. The van der Waals surface area contributed by atoms with E-state index in [1.807, 2.05) is 16.9 Å². The van der Waals surface area contributed by atoms with E-state index in [2.05, 4.69) is 15.6 Å². The maximum absolute atomic E-state index is 14.5. The summed E-state index contributed by atoms with van der Waals surface area (Å²) in [6.07, 6.45) is 0.748. The van der Waals surface area contributed by atoms with Gasteiger partial charge in [-0.15, -0.1) is 0 Å². The van der Waals surface area contributed by atoms with E-state index >= 15 is 0 Å². The number of carbonyl (C=O) groups excluding carboxylic acids is 4. The fraction of sp³-hybridized carbons (Fsp3) is 0.611. The lowest BCUT2D eigenvalue weighted by molar-refractivity contribution is -0.143. The van der Waals surface area contributed by atoms with Crippen LogP contribution in [0.25, 0.3) is 10.8 Å². The standard InChI is InChI=1S/C36H48N6O10S/c1-33(2,3)27(39-32(46)51-34(4,5)6)30(44)42-20-24(50-29-25-10-9-23(49-8)17-21(25)12-16-38-29)18-26(42)28(43)40-36(19-22(36)11-15-37)31(45)41-53(47,48)52-35(7)13-14-35/h9-10,12,16-17,22,24,26-27H,11,13-14,18-20H2,1-8H3,(H,39,46)(H,40,43)(H,41,45)/t22-,24-,26?,27-,36-/m1/s1. The average Bonchev–Trinajstić information content (AvgIpc) is 3.89. The lowest BCUT2D eigenvalue weighted by Crippen LogP contribution is -2.60. The number of amides is 4. The Bertz CT molecular complexity index is 1930. The van der Waals surface area contributed by atoms with Crippen molar-refractivity contribution in [1.29, 1.82) is 5.26 Å². The molecule has 3 aliphatic rings. The SMILES string of the molecule is COc1ccc2c(O[C@@H]3CC(C(=O)N[C@]4(C(=O)NS(=O)(=O)OC5(C)CC5)C[C@H]4CC#N)N(C(=O)[C@@H](NC(=O)OC(C)(C)C)C(C)(C)C)C3)nccc2c1. The second kappa shape index (κ2) is 14.3. The van der Waals surface area contributed by atoms with E-state index in [0.29, 0.717) is 24.0 Å². The molecule has 1 aromatic carbocycles. The number of aromatic nitrogens is 1. The van der Waals surface area contributed by atoms with Gasteiger partial charge in [0.05, 0.1) is 25.3 Å². The van der Waals surface area contributed by atoms with Crippen LogP contribution in [0, 0.1) is 22.7 Å². The number of nitrogens with one attached hydrogen (secondary N) is 3. The first-order chi connectivity index (χ1) is 24.6. The van der Waals surface area contributed by atoms with Crippen molar-refractivity contribution in [3.63, 3.8) is 0 Å². The Morgan fingerprint density at radius 3 is 2.42 bits per heavy atom. The monoisotopic (exact) mass is 756 g/mol. The Morgan fingerprint density at radius 1 is 1.11 bits per heavy atom. The number of carbonyl (C=O) groups is 4. The lowest BCUT2D eigenvalue weighted by atomic mass is 9.85. The first-order valence-corrected chi connectivity index (χ1v) is 18.9. The molecule has 53 heavy (non-hydrogen) atoms. The first kappa shape index (κ1) is 39.5. The molecular formula is C36H48N6O10S. The number of methoxy groups -OCH3 is 1. The molecule has 3 fully saturated rings. The van der Waals surface area contributed by atoms with E-state index in [9.17, 15) is 32.9 Å². The summed E-state index contributed by atoms with van der Waals surface area (Å²) in [6.45, 7) is 11.8. The molecule has 1 aromatic heterocycles. The molecule has 2 aliphatic carbocycles. The predicted molar refractivity (Wildman–Crippen MR) is 190 cm³/mol. The highest BCUT2D eigenvalue weighted by atomic mass is 32.2. The number of nitrogens with zero attached hydrogens (tertiary/aromatic N) is 3. The molecule has 1 saturated heterocycles. The number of pyridine rings is 1. The average molecular weight is 757 g/mol. The molecule has 16 nitrogen and oxygen atoms in total. The van der Waals surface area contributed by atoms with Crippen LogP contribution in [-0.2, 0) is 33.6 Å². The van der Waals surface area contributed by atoms with Crippen LogP contribution in [0.3, 0.4) is 0 Å². The molecule has 288 valence electrons. The van der Waals surface area contributed by atoms with Crippen molar-refractivity contribution >= 4 is 44.9 Å². The minimum atomic E-state index is -4.54. The molecule has 1 aliphatic heterocycles. The van der Waals surface area contributed by atoms with Crippen molar-refractivity contribution in [1.82, 2.24) is 25.2 Å². The Morgan fingerprint density at radius 2 is 1.81 bits per heavy atom. The first-order valence-electron chi connectivity index (χ1n) is 17.4. The second-order valence-electron chi connectivity index (χ2n) is 16.3. The fourth-order valence-corrected chi connectivity index (χ4v) is 7.50. The highest BCUT2D eigenvalue weighted by Crippen LogP contribution is 2.47. The molecule has 5 rings (SSSR count). The Hall–Kier alpha value is -4.69.